The summed E-state index contributed by atoms with van der Waals surface area (Å²) in [5, 5.41) is 6.36. The van der Waals surface area contributed by atoms with Crippen molar-refractivity contribution in [2.45, 2.75) is 12.5 Å². The van der Waals surface area contributed by atoms with Gasteiger partial charge in [0.25, 0.3) is 0 Å². The molecule has 0 saturated carbocycles. The summed E-state index contributed by atoms with van der Waals surface area (Å²) in [7, 11) is 4.84. The van der Waals surface area contributed by atoms with Crippen molar-refractivity contribution < 1.29 is 19.0 Å². The highest BCUT2D eigenvalue weighted by Gasteiger charge is 2.20. The Balaban J connectivity index is 1.70. The number of hydrogen-bond acceptors (Lipinski definition) is 5. The normalized spacial score (nSPS) is 11.5. The number of anilines is 1. The molecule has 0 bridgehead atoms. The second-order valence-corrected chi connectivity index (χ2v) is 6.96. The van der Waals surface area contributed by atoms with Crippen LogP contribution in [0.3, 0.4) is 0 Å². The molecule has 1 atom stereocenters. The van der Waals surface area contributed by atoms with Gasteiger partial charge in [-0.15, -0.1) is 0 Å². The molecule has 3 rings (SSSR count). The van der Waals surface area contributed by atoms with E-state index in [9.17, 15) is 4.79 Å². The molecule has 162 valence electrons. The Morgan fingerprint density at radius 3 is 2.32 bits per heavy atom. The number of ether oxygens (including phenoxy) is 3. The summed E-state index contributed by atoms with van der Waals surface area (Å²) >= 11 is 0. The maximum atomic E-state index is 13.1. The van der Waals surface area contributed by atoms with Gasteiger partial charge >= 0.3 is 0 Å². The fourth-order valence-electron chi connectivity index (χ4n) is 3.32. The first-order valence-corrected chi connectivity index (χ1v) is 10.1. The minimum absolute atomic E-state index is 0.133. The molecule has 2 N–H and O–H groups in total. The molecule has 0 radical (unpaired) electrons. The van der Waals surface area contributed by atoms with Crippen LogP contribution in [0.15, 0.2) is 72.8 Å². The third-order valence-electron chi connectivity index (χ3n) is 4.94. The van der Waals surface area contributed by atoms with Crippen LogP contribution in [-0.4, -0.2) is 33.8 Å². The number of carbonyl (C=O) groups excluding carboxylic acids is 1. The van der Waals surface area contributed by atoms with Gasteiger partial charge in [-0.3, -0.25) is 4.79 Å². The summed E-state index contributed by atoms with van der Waals surface area (Å²) in [6, 6.07) is 22.3. The van der Waals surface area contributed by atoms with Crippen LogP contribution in [0, 0.1) is 0 Å². The third-order valence-corrected chi connectivity index (χ3v) is 4.94. The molecule has 0 aliphatic rings. The molecule has 0 aromatic heterocycles. The summed E-state index contributed by atoms with van der Waals surface area (Å²) in [6.45, 7) is 0.612. The Labute approximate surface area is 183 Å². The maximum absolute atomic E-state index is 13.1. The van der Waals surface area contributed by atoms with Crippen LogP contribution in [0.2, 0.25) is 0 Å². The highest BCUT2D eigenvalue weighted by atomic mass is 16.5. The molecule has 0 aliphatic heterocycles. The number of benzene rings is 3. The lowest BCUT2D eigenvalue weighted by Crippen LogP contribution is -2.34. The number of amides is 1. The van der Waals surface area contributed by atoms with Gasteiger partial charge in [-0.25, -0.2) is 0 Å². The molecule has 0 fully saturated rings. The number of nitrogens with one attached hydrogen (secondary N) is 2. The second kappa shape index (κ2) is 11.0. The zero-order valence-corrected chi connectivity index (χ0v) is 18.1. The number of methoxy groups -OCH3 is 3. The van der Waals surface area contributed by atoms with Gasteiger partial charge in [0.1, 0.15) is 11.8 Å². The fraction of sp³-hybridized carbons (Fsp3) is 0.240. The highest BCUT2D eigenvalue weighted by Crippen LogP contribution is 2.27. The molecule has 0 unspecified atom stereocenters. The van der Waals surface area contributed by atoms with E-state index in [1.165, 1.54) is 0 Å². The van der Waals surface area contributed by atoms with E-state index in [1.54, 1.807) is 27.4 Å². The maximum Gasteiger partial charge on any atom is 0.246 e. The van der Waals surface area contributed by atoms with Gasteiger partial charge in [0.05, 0.1) is 21.3 Å². The average molecular weight is 421 g/mol. The Morgan fingerprint density at radius 1 is 0.839 bits per heavy atom. The van der Waals surface area contributed by atoms with E-state index in [1.807, 2.05) is 66.7 Å². The third kappa shape index (κ3) is 5.99. The lowest BCUT2D eigenvalue weighted by atomic mass is 10.0. The van der Waals surface area contributed by atoms with Gasteiger partial charge in [0.2, 0.25) is 5.91 Å². The molecule has 3 aromatic carbocycles. The molecule has 31 heavy (non-hydrogen) atoms. The first-order valence-electron chi connectivity index (χ1n) is 10.1. The largest absolute Gasteiger partial charge is 0.497 e. The molecule has 1 amide bonds. The van der Waals surface area contributed by atoms with Crippen LogP contribution in [0.5, 0.6) is 17.2 Å². The second-order valence-electron chi connectivity index (χ2n) is 6.96. The molecule has 0 aliphatic carbocycles. The van der Waals surface area contributed by atoms with Gasteiger partial charge in [0, 0.05) is 18.3 Å². The van der Waals surface area contributed by atoms with Crippen LogP contribution in [0.25, 0.3) is 0 Å². The van der Waals surface area contributed by atoms with Gasteiger partial charge in [0.15, 0.2) is 11.5 Å². The van der Waals surface area contributed by atoms with Crippen molar-refractivity contribution in [3.05, 3.63) is 83.9 Å². The fourth-order valence-corrected chi connectivity index (χ4v) is 3.32. The van der Waals surface area contributed by atoms with Crippen molar-refractivity contribution in [3.8, 4) is 17.2 Å². The van der Waals surface area contributed by atoms with E-state index in [-0.39, 0.29) is 5.91 Å². The Kier molecular flexibility index (Phi) is 7.90. The minimum Gasteiger partial charge on any atom is -0.497 e. The van der Waals surface area contributed by atoms with Crippen molar-refractivity contribution >= 4 is 11.6 Å². The van der Waals surface area contributed by atoms with E-state index in [0.29, 0.717) is 29.5 Å². The predicted octanol–water partition coefficient (Wildman–Crippen LogP) is 4.22. The lowest BCUT2D eigenvalue weighted by molar-refractivity contribution is -0.118. The predicted molar refractivity (Wildman–Crippen MR) is 122 cm³/mol. The lowest BCUT2D eigenvalue weighted by Gasteiger charge is -2.19. The summed E-state index contributed by atoms with van der Waals surface area (Å²) < 4.78 is 15.9. The Bertz CT molecular complexity index is 992. The Morgan fingerprint density at radius 2 is 1.61 bits per heavy atom. The molecule has 0 spiro atoms. The standard InChI is InChI=1S/C25H28N2O4/c1-29-21-11-7-10-20(17-21)27-25(28)24(19-8-5-4-6-9-19)26-15-14-18-12-13-22(30-2)23(16-18)31-3/h4-13,16-17,24,26H,14-15H2,1-3H3,(H,27,28)/t24-/m0/s1. The zero-order chi connectivity index (χ0) is 22.1. The zero-order valence-electron chi connectivity index (χ0n) is 18.1. The van der Waals surface area contributed by atoms with Crippen LogP contribution in [0.1, 0.15) is 17.2 Å². The van der Waals surface area contributed by atoms with E-state index in [0.717, 1.165) is 17.5 Å². The molecule has 3 aromatic rings. The van der Waals surface area contributed by atoms with Gasteiger partial charge in [-0.05, 0) is 41.8 Å². The molecular formula is C25H28N2O4. The summed E-state index contributed by atoms with van der Waals surface area (Å²) in [4.78, 5) is 13.1. The summed E-state index contributed by atoms with van der Waals surface area (Å²) in [6.07, 6.45) is 0.732. The van der Waals surface area contributed by atoms with E-state index in [4.69, 9.17) is 14.2 Å². The minimum atomic E-state index is -0.493. The van der Waals surface area contributed by atoms with E-state index >= 15 is 0 Å². The number of hydrogen-bond donors (Lipinski definition) is 2. The molecule has 0 saturated heterocycles. The van der Waals surface area contributed by atoms with Crippen LogP contribution in [-0.2, 0) is 11.2 Å². The quantitative estimate of drug-likeness (QED) is 0.514. The van der Waals surface area contributed by atoms with Crippen molar-refractivity contribution in [1.82, 2.24) is 5.32 Å². The summed E-state index contributed by atoms with van der Waals surface area (Å²) in [5.74, 6) is 1.94. The van der Waals surface area contributed by atoms with Crippen molar-refractivity contribution in [1.29, 1.82) is 0 Å². The Hall–Kier alpha value is -3.51. The molecular weight excluding hydrogens is 392 g/mol. The summed E-state index contributed by atoms with van der Waals surface area (Å²) in [5.41, 5.74) is 2.67. The van der Waals surface area contributed by atoms with Crippen LogP contribution >= 0.6 is 0 Å². The topological polar surface area (TPSA) is 68.8 Å². The molecule has 6 nitrogen and oxygen atoms in total. The molecule has 6 heteroatoms. The van der Waals surface area contributed by atoms with Gasteiger partial charge in [-0.1, -0.05) is 42.5 Å². The first-order chi connectivity index (χ1) is 15.1. The first kappa shape index (κ1) is 22.2. The van der Waals surface area contributed by atoms with E-state index < -0.39 is 6.04 Å². The number of rotatable bonds is 10. The monoisotopic (exact) mass is 420 g/mol. The number of carbonyl (C=O) groups is 1. The van der Waals surface area contributed by atoms with Gasteiger partial charge < -0.3 is 24.8 Å². The smallest absolute Gasteiger partial charge is 0.246 e. The van der Waals surface area contributed by atoms with Crippen molar-refractivity contribution in [2.24, 2.45) is 0 Å². The average Bonchev–Trinajstić information content (AvgIpc) is 2.82. The molecule has 0 heterocycles. The van der Waals surface area contributed by atoms with Gasteiger partial charge in [-0.2, -0.15) is 0 Å². The van der Waals surface area contributed by atoms with E-state index in [2.05, 4.69) is 10.6 Å². The highest BCUT2D eigenvalue weighted by molar-refractivity contribution is 5.95. The van der Waals surface area contributed by atoms with Crippen LogP contribution in [0.4, 0.5) is 5.69 Å². The van der Waals surface area contributed by atoms with Crippen molar-refractivity contribution in [2.75, 3.05) is 33.2 Å². The van der Waals surface area contributed by atoms with Crippen molar-refractivity contribution in [3.63, 3.8) is 0 Å². The SMILES string of the molecule is COc1cccc(NC(=O)[C@@H](NCCc2ccc(OC)c(OC)c2)c2ccccc2)c1. The van der Waals surface area contributed by atoms with Crippen LogP contribution < -0.4 is 24.8 Å².